The number of aliphatic hydroxyl groups is 1. The molecular weight excluding hydrogens is 258 g/mol. The third-order valence-corrected chi connectivity index (χ3v) is 3.90. The van der Waals surface area contributed by atoms with E-state index in [9.17, 15) is 0 Å². The van der Waals surface area contributed by atoms with E-state index < -0.39 is 0 Å². The number of hydrogen-bond acceptors (Lipinski definition) is 3. The molecule has 1 saturated heterocycles. The van der Waals surface area contributed by atoms with Gasteiger partial charge < -0.3 is 14.9 Å². The van der Waals surface area contributed by atoms with Crippen LogP contribution in [0.15, 0.2) is 18.2 Å². The minimum atomic E-state index is 0.168. The van der Waals surface area contributed by atoms with Crippen LogP contribution in [-0.2, 0) is 0 Å². The zero-order valence-electron chi connectivity index (χ0n) is 11.8. The van der Waals surface area contributed by atoms with Gasteiger partial charge in [-0.15, -0.1) is 0 Å². The third-order valence-electron chi connectivity index (χ3n) is 3.37. The lowest BCUT2D eigenvalue weighted by Crippen LogP contribution is -2.57. The summed E-state index contributed by atoms with van der Waals surface area (Å²) >= 11 is 5.52. The van der Waals surface area contributed by atoms with Crippen LogP contribution in [0.1, 0.15) is 11.1 Å². The number of β-amino-alcohol motifs (C(OH)–C–C–N with tert-alkyl or cyclic N) is 1. The highest BCUT2D eigenvalue weighted by atomic mass is 32.1. The van der Waals surface area contributed by atoms with Gasteiger partial charge in [0.1, 0.15) is 0 Å². The van der Waals surface area contributed by atoms with E-state index in [1.807, 2.05) is 11.9 Å². The first kappa shape index (κ1) is 14.2. The molecule has 0 saturated carbocycles. The highest BCUT2D eigenvalue weighted by Crippen LogP contribution is 2.24. The molecule has 5 heteroatoms. The van der Waals surface area contributed by atoms with Gasteiger partial charge in [-0.1, -0.05) is 17.7 Å². The van der Waals surface area contributed by atoms with Crippen LogP contribution in [0.3, 0.4) is 0 Å². The van der Waals surface area contributed by atoms with Crippen LogP contribution in [0, 0.1) is 13.8 Å². The quantitative estimate of drug-likeness (QED) is 0.848. The van der Waals surface area contributed by atoms with Crippen LogP contribution in [-0.4, -0.2) is 53.6 Å². The molecule has 0 bridgehead atoms. The molecule has 1 aliphatic heterocycles. The Kier molecular flexibility index (Phi) is 4.39. The number of anilines is 1. The maximum Gasteiger partial charge on any atom is 0.178 e. The molecule has 1 fully saturated rings. The number of thiocarbonyl (C=S) groups is 1. The molecule has 1 heterocycles. The SMILES string of the molecule is Cc1ccc(N2CN(CCO)CN(C)C2=S)c(C)c1. The Labute approximate surface area is 120 Å². The van der Waals surface area contributed by atoms with Gasteiger partial charge in [-0.3, -0.25) is 4.90 Å². The fourth-order valence-electron chi connectivity index (χ4n) is 2.44. The molecule has 19 heavy (non-hydrogen) atoms. The second-order valence-corrected chi connectivity index (χ2v) is 5.46. The van der Waals surface area contributed by atoms with Gasteiger partial charge in [0.05, 0.1) is 19.9 Å². The summed E-state index contributed by atoms with van der Waals surface area (Å²) in [6.07, 6.45) is 0. The summed E-state index contributed by atoms with van der Waals surface area (Å²) in [6.45, 7) is 6.52. The number of aliphatic hydroxyl groups excluding tert-OH is 1. The van der Waals surface area contributed by atoms with Gasteiger partial charge in [0, 0.05) is 19.3 Å². The van der Waals surface area contributed by atoms with E-state index in [4.69, 9.17) is 17.3 Å². The molecule has 104 valence electrons. The lowest BCUT2D eigenvalue weighted by Gasteiger charge is -2.43. The van der Waals surface area contributed by atoms with Gasteiger partial charge in [0.25, 0.3) is 0 Å². The van der Waals surface area contributed by atoms with Crippen LogP contribution < -0.4 is 4.90 Å². The molecule has 1 aromatic carbocycles. The van der Waals surface area contributed by atoms with E-state index in [1.165, 1.54) is 11.1 Å². The standard InChI is InChI=1S/C14H21N3OS/c1-11-4-5-13(12(2)8-11)17-10-16(6-7-18)9-15(3)14(17)19/h4-5,8,18H,6-7,9-10H2,1-3H3. The minimum absolute atomic E-state index is 0.168. The first-order valence-electron chi connectivity index (χ1n) is 6.46. The summed E-state index contributed by atoms with van der Waals surface area (Å²) in [5, 5.41) is 9.94. The summed E-state index contributed by atoms with van der Waals surface area (Å²) in [7, 11) is 1.99. The summed E-state index contributed by atoms with van der Waals surface area (Å²) in [5.74, 6) is 0. The van der Waals surface area contributed by atoms with E-state index in [1.54, 1.807) is 0 Å². The summed E-state index contributed by atoms with van der Waals surface area (Å²) in [5.41, 5.74) is 3.62. The van der Waals surface area contributed by atoms with Gasteiger partial charge in [0.15, 0.2) is 5.11 Å². The van der Waals surface area contributed by atoms with Crippen molar-refractivity contribution in [1.82, 2.24) is 9.80 Å². The molecule has 0 aromatic heterocycles. The second-order valence-electron chi connectivity index (χ2n) is 5.10. The van der Waals surface area contributed by atoms with E-state index in [0.29, 0.717) is 6.54 Å². The first-order chi connectivity index (χ1) is 9.02. The van der Waals surface area contributed by atoms with Crippen molar-refractivity contribution in [3.05, 3.63) is 29.3 Å². The van der Waals surface area contributed by atoms with Crippen LogP contribution in [0.4, 0.5) is 5.69 Å². The van der Waals surface area contributed by atoms with Crippen LogP contribution in [0.5, 0.6) is 0 Å². The lowest BCUT2D eigenvalue weighted by molar-refractivity contribution is 0.147. The van der Waals surface area contributed by atoms with Crippen molar-refractivity contribution in [3.63, 3.8) is 0 Å². The maximum absolute atomic E-state index is 9.11. The average Bonchev–Trinajstić information content (AvgIpc) is 2.34. The molecule has 1 N–H and O–H groups in total. The Morgan fingerprint density at radius 3 is 2.63 bits per heavy atom. The minimum Gasteiger partial charge on any atom is -0.395 e. The lowest BCUT2D eigenvalue weighted by atomic mass is 10.1. The van der Waals surface area contributed by atoms with Crippen molar-refractivity contribution in [3.8, 4) is 0 Å². The fourth-order valence-corrected chi connectivity index (χ4v) is 2.66. The van der Waals surface area contributed by atoms with Crippen molar-refractivity contribution in [2.24, 2.45) is 0 Å². The Morgan fingerprint density at radius 2 is 2.00 bits per heavy atom. The zero-order valence-corrected chi connectivity index (χ0v) is 12.6. The van der Waals surface area contributed by atoms with E-state index in [0.717, 1.165) is 24.1 Å². The Morgan fingerprint density at radius 1 is 1.26 bits per heavy atom. The van der Waals surface area contributed by atoms with E-state index in [-0.39, 0.29) is 6.61 Å². The van der Waals surface area contributed by atoms with Gasteiger partial charge in [0.2, 0.25) is 0 Å². The largest absolute Gasteiger partial charge is 0.395 e. The monoisotopic (exact) mass is 279 g/mol. The van der Waals surface area contributed by atoms with E-state index >= 15 is 0 Å². The molecule has 1 aliphatic rings. The number of nitrogens with zero attached hydrogens (tertiary/aromatic N) is 3. The number of aryl methyl sites for hydroxylation is 2. The van der Waals surface area contributed by atoms with Crippen molar-refractivity contribution < 1.29 is 5.11 Å². The van der Waals surface area contributed by atoms with Crippen molar-refractivity contribution in [1.29, 1.82) is 0 Å². The molecule has 2 rings (SSSR count). The normalized spacial score (nSPS) is 17.2. The molecule has 0 aliphatic carbocycles. The predicted molar refractivity (Wildman–Crippen MR) is 82.3 cm³/mol. The van der Waals surface area contributed by atoms with Crippen molar-refractivity contribution in [2.75, 3.05) is 38.4 Å². The topological polar surface area (TPSA) is 30.0 Å². The van der Waals surface area contributed by atoms with Crippen LogP contribution in [0.25, 0.3) is 0 Å². The molecule has 0 atom stereocenters. The van der Waals surface area contributed by atoms with Gasteiger partial charge >= 0.3 is 0 Å². The number of rotatable bonds is 3. The van der Waals surface area contributed by atoms with Crippen molar-refractivity contribution >= 4 is 23.0 Å². The molecular formula is C14H21N3OS. The van der Waals surface area contributed by atoms with Crippen LogP contribution in [0.2, 0.25) is 0 Å². The molecule has 0 unspecified atom stereocenters. The van der Waals surface area contributed by atoms with Crippen molar-refractivity contribution in [2.45, 2.75) is 13.8 Å². The van der Waals surface area contributed by atoms with E-state index in [2.05, 4.69) is 41.8 Å². The number of hydrogen-bond donors (Lipinski definition) is 1. The molecule has 4 nitrogen and oxygen atoms in total. The Balaban J connectivity index is 2.27. The van der Waals surface area contributed by atoms with Gasteiger partial charge in [-0.25, -0.2) is 0 Å². The molecule has 0 radical (unpaired) electrons. The zero-order chi connectivity index (χ0) is 14.0. The summed E-state index contributed by atoms with van der Waals surface area (Å²) < 4.78 is 0. The predicted octanol–water partition coefficient (Wildman–Crippen LogP) is 1.55. The second kappa shape index (κ2) is 5.86. The number of benzene rings is 1. The first-order valence-corrected chi connectivity index (χ1v) is 6.87. The summed E-state index contributed by atoms with van der Waals surface area (Å²) in [6, 6.07) is 6.39. The Hall–Kier alpha value is -1.17. The molecule has 0 amide bonds. The Bertz CT molecular complexity index is 478. The maximum atomic E-state index is 9.11. The molecule has 0 spiro atoms. The smallest absolute Gasteiger partial charge is 0.178 e. The highest BCUT2D eigenvalue weighted by molar-refractivity contribution is 7.80. The fraction of sp³-hybridized carbons (Fsp3) is 0.500. The third kappa shape index (κ3) is 3.05. The van der Waals surface area contributed by atoms with Gasteiger partial charge in [-0.05, 0) is 37.7 Å². The highest BCUT2D eigenvalue weighted by Gasteiger charge is 2.26. The molecule has 1 aromatic rings. The summed E-state index contributed by atoms with van der Waals surface area (Å²) in [4.78, 5) is 6.34. The van der Waals surface area contributed by atoms with Crippen LogP contribution >= 0.6 is 12.2 Å². The average molecular weight is 279 g/mol. The van der Waals surface area contributed by atoms with Gasteiger partial charge in [-0.2, -0.15) is 0 Å².